The number of hydrogen-bond acceptors (Lipinski definition) is 1. The number of alkyl halides is 2. The summed E-state index contributed by atoms with van der Waals surface area (Å²) in [6.07, 6.45) is 0. The molecule has 4 aromatic rings. The van der Waals surface area contributed by atoms with Gasteiger partial charge in [0.15, 0.2) is 9.02 Å². The Balaban J connectivity index is 2.11. The summed E-state index contributed by atoms with van der Waals surface area (Å²) < 4.78 is 7.46. The van der Waals surface area contributed by atoms with E-state index in [-0.39, 0.29) is 0 Å². The first-order valence-electron chi connectivity index (χ1n) is 12.1. The van der Waals surface area contributed by atoms with Crippen LogP contribution >= 0.6 is 63.7 Å². The van der Waals surface area contributed by atoms with Crippen molar-refractivity contribution in [1.29, 1.82) is 0 Å². The second-order valence-electron chi connectivity index (χ2n) is 9.80. The lowest BCUT2D eigenvalue weighted by atomic mass is 9.89. The highest BCUT2D eigenvalue weighted by molar-refractivity contribution is 9.11. The van der Waals surface area contributed by atoms with Crippen LogP contribution in [0.4, 0.5) is 0 Å². The molecular formula is C32H30Br4O. The molecular weight excluding hydrogens is 720 g/mol. The Labute approximate surface area is 254 Å². The smallest absolute Gasteiger partial charge is 0.177 e. The molecule has 0 heterocycles. The zero-order chi connectivity index (χ0) is 27.1. The van der Waals surface area contributed by atoms with E-state index in [1.807, 2.05) is 12.1 Å². The zero-order valence-corrected chi connectivity index (χ0v) is 28.2. The van der Waals surface area contributed by atoms with E-state index in [1.165, 1.54) is 11.1 Å². The van der Waals surface area contributed by atoms with Gasteiger partial charge in [0.05, 0.1) is 0 Å². The molecule has 4 rings (SSSR count). The minimum absolute atomic E-state index is 0.963. The van der Waals surface area contributed by atoms with Gasteiger partial charge in [0, 0.05) is 31.2 Å². The topological polar surface area (TPSA) is 9.23 Å². The molecule has 192 valence electrons. The molecule has 0 saturated heterocycles. The molecule has 0 aliphatic heterocycles. The third-order valence-electron chi connectivity index (χ3n) is 6.72. The fraction of sp³-hybridized carbons (Fsp3) is 0.250. The molecule has 0 fully saturated rings. The van der Waals surface area contributed by atoms with Crippen molar-refractivity contribution in [3.05, 3.63) is 137 Å². The highest BCUT2D eigenvalue weighted by Gasteiger charge is 2.48. The number of rotatable bonds is 6. The van der Waals surface area contributed by atoms with Gasteiger partial charge in [0.25, 0.3) is 0 Å². The van der Waals surface area contributed by atoms with Crippen LogP contribution in [0.2, 0.25) is 0 Å². The van der Waals surface area contributed by atoms with E-state index in [4.69, 9.17) is 4.74 Å². The van der Waals surface area contributed by atoms with Crippen molar-refractivity contribution in [1.82, 2.24) is 0 Å². The van der Waals surface area contributed by atoms with Gasteiger partial charge in [-0.15, -0.1) is 0 Å². The Morgan fingerprint density at radius 2 is 0.811 bits per heavy atom. The molecule has 2 atom stereocenters. The Morgan fingerprint density at radius 1 is 0.514 bits per heavy atom. The maximum atomic E-state index is 7.51. The molecule has 0 spiro atoms. The third kappa shape index (κ3) is 5.45. The SMILES string of the molecule is Cc1cc(C)c(C(Br)(OC(Br)(c2ccccc2Br)c2c(C)cc(C)cc2C)c2ccccc2Br)c(C)c1. The fourth-order valence-corrected chi connectivity index (χ4v) is 9.80. The van der Waals surface area contributed by atoms with Crippen LogP contribution in [0, 0.1) is 41.5 Å². The first-order valence-corrected chi connectivity index (χ1v) is 15.3. The molecule has 0 bridgehead atoms. The summed E-state index contributed by atoms with van der Waals surface area (Å²) in [4.78, 5) is 0. The molecule has 5 heteroatoms. The van der Waals surface area contributed by atoms with Gasteiger partial charge in [0.2, 0.25) is 0 Å². The third-order valence-corrected chi connectivity index (χ3v) is 10.1. The van der Waals surface area contributed by atoms with Gasteiger partial charge < -0.3 is 4.74 Å². The van der Waals surface area contributed by atoms with Crippen LogP contribution < -0.4 is 0 Å². The molecule has 0 aliphatic rings. The van der Waals surface area contributed by atoms with Gasteiger partial charge in [-0.05, 0) is 108 Å². The summed E-state index contributed by atoms with van der Waals surface area (Å²) in [5.41, 5.74) is 11.2. The van der Waals surface area contributed by atoms with Crippen LogP contribution in [-0.4, -0.2) is 0 Å². The molecule has 0 aliphatic carbocycles. The average Bonchev–Trinajstić information content (AvgIpc) is 2.78. The molecule has 0 N–H and O–H groups in total. The van der Waals surface area contributed by atoms with E-state index in [0.717, 1.165) is 53.5 Å². The monoisotopic (exact) mass is 746 g/mol. The van der Waals surface area contributed by atoms with Crippen molar-refractivity contribution in [2.45, 2.75) is 50.6 Å². The van der Waals surface area contributed by atoms with Crippen molar-refractivity contribution in [2.24, 2.45) is 0 Å². The molecule has 0 amide bonds. The van der Waals surface area contributed by atoms with Crippen LogP contribution in [0.1, 0.15) is 55.6 Å². The van der Waals surface area contributed by atoms with Crippen molar-refractivity contribution >= 4 is 63.7 Å². The van der Waals surface area contributed by atoms with Gasteiger partial charge >= 0.3 is 0 Å². The first kappa shape index (κ1) is 28.8. The summed E-state index contributed by atoms with van der Waals surface area (Å²) in [5, 5.41) is 0. The number of ether oxygens (including phenoxy) is 1. The van der Waals surface area contributed by atoms with E-state index in [0.29, 0.717) is 0 Å². The van der Waals surface area contributed by atoms with Crippen molar-refractivity contribution in [2.75, 3.05) is 0 Å². The van der Waals surface area contributed by atoms with Gasteiger partial charge in [-0.3, -0.25) is 0 Å². The van der Waals surface area contributed by atoms with E-state index < -0.39 is 9.02 Å². The van der Waals surface area contributed by atoms with Crippen LogP contribution in [-0.2, 0) is 13.8 Å². The van der Waals surface area contributed by atoms with Crippen LogP contribution in [0.15, 0.2) is 81.7 Å². The summed E-state index contributed by atoms with van der Waals surface area (Å²) >= 11 is 16.1. The number of benzene rings is 4. The molecule has 0 saturated carbocycles. The number of hydrogen-bond donors (Lipinski definition) is 0. The maximum Gasteiger partial charge on any atom is 0.177 e. The Bertz CT molecular complexity index is 1320. The van der Waals surface area contributed by atoms with Gasteiger partial charge in [-0.25, -0.2) is 0 Å². The fourth-order valence-electron chi connectivity index (χ4n) is 5.49. The van der Waals surface area contributed by atoms with Crippen molar-refractivity contribution < 1.29 is 4.74 Å². The summed E-state index contributed by atoms with van der Waals surface area (Å²) in [6.45, 7) is 12.9. The second kappa shape index (κ2) is 11.1. The number of aryl methyl sites for hydroxylation is 6. The van der Waals surface area contributed by atoms with Crippen molar-refractivity contribution in [3.8, 4) is 0 Å². The first-order chi connectivity index (χ1) is 17.4. The lowest BCUT2D eigenvalue weighted by Crippen LogP contribution is -2.38. The molecule has 0 radical (unpaired) electrons. The minimum atomic E-state index is -0.989. The lowest BCUT2D eigenvalue weighted by molar-refractivity contribution is -0.0107. The predicted octanol–water partition coefficient (Wildman–Crippen LogP) is 11.0. The zero-order valence-electron chi connectivity index (χ0n) is 21.8. The van der Waals surface area contributed by atoms with Gasteiger partial charge in [-0.2, -0.15) is 0 Å². The largest absolute Gasteiger partial charge is 0.329 e. The Kier molecular flexibility index (Phi) is 8.62. The normalized spacial score (nSPS) is 14.8. The Hall–Kier alpha value is -1.24. The van der Waals surface area contributed by atoms with E-state index >= 15 is 0 Å². The Morgan fingerprint density at radius 3 is 1.11 bits per heavy atom. The van der Waals surface area contributed by atoms with E-state index in [9.17, 15) is 0 Å². The van der Waals surface area contributed by atoms with E-state index in [2.05, 4.69) is 166 Å². The average molecular weight is 750 g/mol. The molecule has 2 unspecified atom stereocenters. The maximum absolute atomic E-state index is 7.51. The van der Waals surface area contributed by atoms with Gasteiger partial charge in [-0.1, -0.05) is 104 Å². The minimum Gasteiger partial charge on any atom is -0.329 e. The van der Waals surface area contributed by atoms with Crippen LogP contribution in [0.5, 0.6) is 0 Å². The highest BCUT2D eigenvalue weighted by Crippen LogP contribution is 2.55. The van der Waals surface area contributed by atoms with Crippen LogP contribution in [0.3, 0.4) is 0 Å². The predicted molar refractivity (Wildman–Crippen MR) is 170 cm³/mol. The number of halogens is 4. The molecule has 37 heavy (non-hydrogen) atoms. The summed E-state index contributed by atoms with van der Waals surface area (Å²) in [5.74, 6) is 0. The van der Waals surface area contributed by atoms with Crippen LogP contribution in [0.25, 0.3) is 0 Å². The second-order valence-corrected chi connectivity index (χ2v) is 13.7. The lowest BCUT2D eigenvalue weighted by Gasteiger charge is -2.42. The summed E-state index contributed by atoms with van der Waals surface area (Å²) in [7, 11) is 0. The molecule has 1 nitrogen and oxygen atoms in total. The van der Waals surface area contributed by atoms with Gasteiger partial charge in [0.1, 0.15) is 0 Å². The van der Waals surface area contributed by atoms with E-state index in [1.54, 1.807) is 0 Å². The summed E-state index contributed by atoms with van der Waals surface area (Å²) in [6, 6.07) is 25.4. The quantitative estimate of drug-likeness (QED) is 0.178. The molecule has 0 aromatic heterocycles. The standard InChI is InChI=1S/C32H30Br4O/c1-19-15-21(3)29(22(4)16-19)31(35,25-11-7-9-13-27(25)33)37-32(36,26-12-8-10-14-28(26)34)30-23(5)17-20(2)18-24(30)6/h7-18H,1-6H3. The highest BCUT2D eigenvalue weighted by atomic mass is 79.9. The molecule has 4 aromatic carbocycles. The van der Waals surface area contributed by atoms with Crippen molar-refractivity contribution in [3.63, 3.8) is 0 Å².